The third kappa shape index (κ3) is 5.92. The van der Waals surface area contributed by atoms with Crippen LogP contribution in [0.1, 0.15) is 44.6 Å². The van der Waals surface area contributed by atoms with Crippen molar-refractivity contribution in [3.63, 3.8) is 0 Å². The Kier molecular flexibility index (Phi) is 6.81. The van der Waals surface area contributed by atoms with Crippen molar-refractivity contribution in [1.29, 1.82) is 0 Å². The summed E-state index contributed by atoms with van der Waals surface area (Å²) in [6.45, 7) is 8.69. The zero-order chi connectivity index (χ0) is 14.9. The van der Waals surface area contributed by atoms with Crippen LogP contribution >= 0.6 is 0 Å². The van der Waals surface area contributed by atoms with Crippen molar-refractivity contribution in [2.75, 3.05) is 13.2 Å². The highest BCUT2D eigenvalue weighted by molar-refractivity contribution is 5.27. The van der Waals surface area contributed by atoms with Gasteiger partial charge in [-0.25, -0.2) is 0 Å². The van der Waals surface area contributed by atoms with Crippen LogP contribution in [0.2, 0.25) is 0 Å². The second kappa shape index (κ2) is 8.89. The number of benzene rings is 1. The van der Waals surface area contributed by atoms with Crippen molar-refractivity contribution in [2.45, 2.75) is 45.6 Å². The zero-order valence-electron chi connectivity index (χ0n) is 13.3. The predicted molar refractivity (Wildman–Crippen MR) is 89.6 cm³/mol. The summed E-state index contributed by atoms with van der Waals surface area (Å²) in [6, 6.07) is 8.33. The van der Waals surface area contributed by atoms with Gasteiger partial charge < -0.3 is 10.1 Å². The Bertz CT molecular complexity index is 404. The van der Waals surface area contributed by atoms with Crippen LogP contribution in [0.15, 0.2) is 36.9 Å². The Morgan fingerprint density at radius 1 is 1.19 bits per heavy atom. The maximum atomic E-state index is 5.49. The summed E-state index contributed by atoms with van der Waals surface area (Å²) in [7, 11) is 0. The molecule has 1 fully saturated rings. The molecule has 0 bridgehead atoms. The monoisotopic (exact) mass is 287 g/mol. The van der Waals surface area contributed by atoms with Gasteiger partial charge in [0.25, 0.3) is 0 Å². The first-order chi connectivity index (χ1) is 10.3. The van der Waals surface area contributed by atoms with Gasteiger partial charge in [-0.15, -0.1) is 0 Å². The van der Waals surface area contributed by atoms with E-state index in [0.717, 1.165) is 30.7 Å². The van der Waals surface area contributed by atoms with E-state index in [0.29, 0.717) is 6.61 Å². The standard InChI is InChI=1S/C19H29NO/c1-3-14-21-19-10-8-18(9-11-19)15-20-13-12-17-6-4-16(2)5-7-17/h3,8-11,16-17,20H,1,4-7,12-15H2,2H3. The summed E-state index contributed by atoms with van der Waals surface area (Å²) < 4.78 is 5.49. The fraction of sp³-hybridized carbons (Fsp3) is 0.579. The molecule has 21 heavy (non-hydrogen) atoms. The van der Waals surface area contributed by atoms with Gasteiger partial charge in [-0.05, 0) is 42.5 Å². The fourth-order valence-electron chi connectivity index (χ4n) is 3.02. The number of hydrogen-bond donors (Lipinski definition) is 1. The van der Waals surface area contributed by atoms with Crippen molar-refractivity contribution in [2.24, 2.45) is 11.8 Å². The Hall–Kier alpha value is -1.28. The summed E-state index contributed by atoms with van der Waals surface area (Å²) in [5.41, 5.74) is 1.32. The van der Waals surface area contributed by atoms with E-state index in [4.69, 9.17) is 4.74 Å². The molecule has 0 atom stereocenters. The first-order valence-electron chi connectivity index (χ1n) is 8.31. The average molecular weight is 287 g/mol. The van der Waals surface area contributed by atoms with Crippen LogP contribution in [0.5, 0.6) is 5.75 Å². The highest BCUT2D eigenvalue weighted by Gasteiger charge is 2.17. The van der Waals surface area contributed by atoms with Gasteiger partial charge in [0.15, 0.2) is 0 Å². The molecule has 1 N–H and O–H groups in total. The quantitative estimate of drug-likeness (QED) is 0.559. The third-order valence-corrected chi connectivity index (χ3v) is 4.49. The fourth-order valence-corrected chi connectivity index (χ4v) is 3.02. The normalized spacial score (nSPS) is 22.0. The summed E-state index contributed by atoms with van der Waals surface area (Å²) in [5, 5.41) is 3.57. The van der Waals surface area contributed by atoms with Gasteiger partial charge in [-0.2, -0.15) is 0 Å². The molecule has 1 aromatic carbocycles. The Balaban J connectivity index is 1.61. The Morgan fingerprint density at radius 3 is 2.57 bits per heavy atom. The minimum absolute atomic E-state index is 0.567. The molecule has 2 nitrogen and oxygen atoms in total. The minimum atomic E-state index is 0.567. The van der Waals surface area contributed by atoms with E-state index in [2.05, 4.69) is 31.0 Å². The maximum absolute atomic E-state index is 5.49. The first-order valence-corrected chi connectivity index (χ1v) is 8.31. The molecule has 116 valence electrons. The predicted octanol–water partition coefficient (Wildman–Crippen LogP) is 4.56. The molecule has 0 unspecified atom stereocenters. The van der Waals surface area contributed by atoms with Crippen molar-refractivity contribution >= 4 is 0 Å². The van der Waals surface area contributed by atoms with E-state index in [1.165, 1.54) is 37.7 Å². The van der Waals surface area contributed by atoms with Crippen LogP contribution in [0.3, 0.4) is 0 Å². The number of nitrogens with one attached hydrogen (secondary N) is 1. The zero-order valence-corrected chi connectivity index (χ0v) is 13.3. The number of rotatable bonds is 8. The molecule has 0 aromatic heterocycles. The lowest BCUT2D eigenvalue weighted by molar-refractivity contribution is 0.275. The van der Waals surface area contributed by atoms with Crippen LogP contribution in [0.25, 0.3) is 0 Å². The Morgan fingerprint density at radius 2 is 1.90 bits per heavy atom. The lowest BCUT2D eigenvalue weighted by Gasteiger charge is -2.26. The van der Waals surface area contributed by atoms with Crippen LogP contribution in [0, 0.1) is 11.8 Å². The van der Waals surface area contributed by atoms with E-state index >= 15 is 0 Å². The molecule has 0 amide bonds. The molecule has 1 aromatic rings. The molecule has 1 aliphatic carbocycles. The molecule has 2 heteroatoms. The van der Waals surface area contributed by atoms with Crippen LogP contribution in [-0.4, -0.2) is 13.2 Å². The first kappa shape index (κ1) is 16.1. The molecule has 0 spiro atoms. The third-order valence-electron chi connectivity index (χ3n) is 4.49. The molecular formula is C19H29NO. The summed E-state index contributed by atoms with van der Waals surface area (Å²) in [6.07, 6.45) is 8.80. The molecule has 0 radical (unpaired) electrons. The van der Waals surface area contributed by atoms with Crippen molar-refractivity contribution in [3.8, 4) is 5.75 Å². The largest absolute Gasteiger partial charge is 0.490 e. The van der Waals surface area contributed by atoms with Crippen molar-refractivity contribution < 1.29 is 4.74 Å². The molecule has 1 saturated carbocycles. The Labute approximate surface area is 129 Å². The highest BCUT2D eigenvalue weighted by Crippen LogP contribution is 2.29. The van der Waals surface area contributed by atoms with Gasteiger partial charge in [0.05, 0.1) is 0 Å². The second-order valence-corrected chi connectivity index (χ2v) is 6.33. The lowest BCUT2D eigenvalue weighted by Crippen LogP contribution is -2.20. The summed E-state index contributed by atoms with van der Waals surface area (Å²) >= 11 is 0. The molecule has 0 saturated heterocycles. The van der Waals surface area contributed by atoms with E-state index in [-0.39, 0.29) is 0 Å². The van der Waals surface area contributed by atoms with Gasteiger partial charge in [-0.1, -0.05) is 57.4 Å². The summed E-state index contributed by atoms with van der Waals surface area (Å²) in [4.78, 5) is 0. The van der Waals surface area contributed by atoms with E-state index < -0.39 is 0 Å². The van der Waals surface area contributed by atoms with E-state index in [1.54, 1.807) is 6.08 Å². The van der Waals surface area contributed by atoms with Crippen molar-refractivity contribution in [1.82, 2.24) is 5.32 Å². The van der Waals surface area contributed by atoms with Gasteiger partial charge in [0, 0.05) is 6.54 Å². The summed E-state index contributed by atoms with van der Waals surface area (Å²) in [5.74, 6) is 2.81. The topological polar surface area (TPSA) is 21.3 Å². The van der Waals surface area contributed by atoms with Gasteiger partial charge in [0.2, 0.25) is 0 Å². The second-order valence-electron chi connectivity index (χ2n) is 6.33. The minimum Gasteiger partial charge on any atom is -0.490 e. The van der Waals surface area contributed by atoms with Crippen LogP contribution in [-0.2, 0) is 6.54 Å². The van der Waals surface area contributed by atoms with Gasteiger partial charge in [-0.3, -0.25) is 0 Å². The van der Waals surface area contributed by atoms with Crippen molar-refractivity contribution in [3.05, 3.63) is 42.5 Å². The molecule has 2 rings (SSSR count). The molecule has 0 heterocycles. The maximum Gasteiger partial charge on any atom is 0.119 e. The smallest absolute Gasteiger partial charge is 0.119 e. The van der Waals surface area contributed by atoms with E-state index in [9.17, 15) is 0 Å². The van der Waals surface area contributed by atoms with E-state index in [1.807, 2.05) is 12.1 Å². The van der Waals surface area contributed by atoms with Crippen LogP contribution in [0.4, 0.5) is 0 Å². The average Bonchev–Trinajstić information content (AvgIpc) is 2.52. The van der Waals surface area contributed by atoms with Gasteiger partial charge in [0.1, 0.15) is 12.4 Å². The molecule has 0 aliphatic heterocycles. The number of hydrogen-bond acceptors (Lipinski definition) is 2. The lowest BCUT2D eigenvalue weighted by atomic mass is 9.81. The number of ether oxygens (including phenoxy) is 1. The van der Waals surface area contributed by atoms with Gasteiger partial charge >= 0.3 is 0 Å². The molecular weight excluding hydrogens is 258 g/mol. The van der Waals surface area contributed by atoms with Crippen LogP contribution < -0.4 is 10.1 Å². The molecule has 1 aliphatic rings. The highest BCUT2D eigenvalue weighted by atomic mass is 16.5. The SMILES string of the molecule is C=CCOc1ccc(CNCCC2CCC(C)CC2)cc1.